The Morgan fingerprint density at radius 2 is 2.05 bits per heavy atom. The Bertz CT molecular complexity index is 1220. The van der Waals surface area contributed by atoms with Crippen LogP contribution in [-0.2, 0) is 19.1 Å². The summed E-state index contributed by atoms with van der Waals surface area (Å²) in [4.78, 5) is 56.3. The molecule has 1 saturated carbocycles. The maximum atomic E-state index is 13.0. The van der Waals surface area contributed by atoms with Gasteiger partial charge >= 0.3 is 12.1 Å². The van der Waals surface area contributed by atoms with Crippen LogP contribution in [0.4, 0.5) is 4.79 Å². The number of nitrogens with zero attached hydrogens (tertiary/aromatic N) is 2. The molecule has 2 aliphatic heterocycles. The molecule has 0 spiro atoms. The Balaban J connectivity index is 1.54. The number of nitrogens with one attached hydrogen (secondary N) is 1. The van der Waals surface area contributed by atoms with Gasteiger partial charge in [-0.05, 0) is 50.5 Å². The van der Waals surface area contributed by atoms with Crippen molar-refractivity contribution in [3.63, 3.8) is 0 Å². The van der Waals surface area contributed by atoms with Crippen LogP contribution in [0.25, 0.3) is 6.08 Å². The fourth-order valence-corrected chi connectivity index (χ4v) is 7.63. The molecule has 224 valence electrons. The fourth-order valence-electron chi connectivity index (χ4n) is 5.74. The summed E-state index contributed by atoms with van der Waals surface area (Å²) in [5, 5.41) is 33.6. The number of carbonyl (C=O) groups excluding carboxylic acids is 3. The molecule has 0 aromatic carbocycles. The maximum absolute atomic E-state index is 13.0. The molecule has 2 amide bonds. The van der Waals surface area contributed by atoms with E-state index in [2.05, 4.69) is 10.3 Å². The van der Waals surface area contributed by atoms with Crippen LogP contribution in [0.1, 0.15) is 67.7 Å². The quantitative estimate of drug-likeness (QED) is 0.202. The second-order valence-corrected chi connectivity index (χ2v) is 12.3. The molecule has 12 nitrogen and oxygen atoms in total. The Hall–Kier alpha value is -2.94. The molecule has 41 heavy (non-hydrogen) atoms. The number of thiazole rings is 1. The van der Waals surface area contributed by atoms with Gasteiger partial charge in [-0.1, -0.05) is 25.1 Å². The molecule has 1 saturated heterocycles. The first kappa shape index (κ1) is 31.0. The van der Waals surface area contributed by atoms with E-state index in [0.717, 1.165) is 43.9 Å². The van der Waals surface area contributed by atoms with Crippen molar-refractivity contribution in [2.75, 3.05) is 19.8 Å². The zero-order valence-corrected chi connectivity index (χ0v) is 24.5. The molecule has 4 atom stereocenters. The highest BCUT2D eigenvalue weighted by Crippen LogP contribution is 2.59. The molecule has 4 rings (SSSR count). The van der Waals surface area contributed by atoms with Crippen molar-refractivity contribution in [1.29, 1.82) is 0 Å². The van der Waals surface area contributed by atoms with Gasteiger partial charge in [0.15, 0.2) is 0 Å². The minimum atomic E-state index is -1.29. The van der Waals surface area contributed by atoms with Crippen LogP contribution in [0.15, 0.2) is 21.5 Å². The van der Waals surface area contributed by atoms with Crippen LogP contribution in [0.3, 0.4) is 0 Å². The fraction of sp³-hybridized carbons (Fsp3) is 0.593. The van der Waals surface area contributed by atoms with Gasteiger partial charge in [0.25, 0.3) is 5.91 Å². The molecule has 0 bridgehead atoms. The summed E-state index contributed by atoms with van der Waals surface area (Å²) < 4.78 is 10.8. The van der Waals surface area contributed by atoms with E-state index < -0.39 is 47.4 Å². The smallest absolute Gasteiger partial charge is 0.477 e. The lowest BCUT2D eigenvalue weighted by molar-refractivity contribution is -0.167. The molecule has 1 aromatic heterocycles. The number of carboxylic acids is 1. The van der Waals surface area contributed by atoms with Crippen LogP contribution in [0, 0.1) is 11.3 Å². The predicted octanol–water partition coefficient (Wildman–Crippen LogP) is 2.97. The summed E-state index contributed by atoms with van der Waals surface area (Å²) in [6.45, 7) is 3.09. The lowest BCUT2D eigenvalue weighted by atomic mass is 9.68. The number of β-lactam (4-membered cyclic amide) rings is 1. The number of aliphatic carboxylic acids is 1. The zero-order valence-electron chi connectivity index (χ0n) is 22.9. The summed E-state index contributed by atoms with van der Waals surface area (Å²) in [7, 11) is 0. The van der Waals surface area contributed by atoms with Crippen LogP contribution in [0.5, 0.6) is 0 Å². The van der Waals surface area contributed by atoms with E-state index in [1.807, 2.05) is 0 Å². The van der Waals surface area contributed by atoms with Crippen molar-refractivity contribution in [3.05, 3.63) is 32.1 Å². The minimum Gasteiger partial charge on any atom is -0.477 e. The molecule has 1 unspecified atom stereocenters. The third-order valence-electron chi connectivity index (χ3n) is 7.76. The van der Waals surface area contributed by atoms with Crippen molar-refractivity contribution in [3.8, 4) is 0 Å². The number of ether oxygens (including phenoxy) is 2. The highest BCUT2D eigenvalue weighted by molar-refractivity contribution is 8.06. The largest absolute Gasteiger partial charge is 0.508 e. The van der Waals surface area contributed by atoms with Gasteiger partial charge in [0.05, 0.1) is 41.7 Å². The third kappa shape index (κ3) is 6.45. The van der Waals surface area contributed by atoms with Crippen LogP contribution < -0.4 is 5.32 Å². The van der Waals surface area contributed by atoms with Gasteiger partial charge < -0.3 is 35.0 Å². The Labute approximate surface area is 245 Å². The van der Waals surface area contributed by atoms with Gasteiger partial charge in [-0.3, -0.25) is 9.59 Å². The average molecular weight is 610 g/mol. The van der Waals surface area contributed by atoms with Crippen LogP contribution in [0.2, 0.25) is 0 Å². The molecule has 1 aromatic rings. The normalized spacial score (nSPS) is 25.2. The van der Waals surface area contributed by atoms with E-state index in [0.29, 0.717) is 9.78 Å². The molecule has 3 aliphatic rings. The molecule has 4 N–H and O–H groups in total. The molecule has 14 heteroatoms. The summed E-state index contributed by atoms with van der Waals surface area (Å²) in [5.41, 5.74) is 0.531. The number of amides is 2. The lowest BCUT2D eigenvalue weighted by Gasteiger charge is -2.50. The topological polar surface area (TPSA) is 176 Å². The Morgan fingerprint density at radius 1 is 1.32 bits per heavy atom. The number of hydrogen-bond donors (Lipinski definition) is 4. The number of aromatic nitrogens is 1. The Morgan fingerprint density at radius 3 is 2.71 bits per heavy atom. The van der Waals surface area contributed by atoms with E-state index >= 15 is 0 Å². The van der Waals surface area contributed by atoms with Gasteiger partial charge in [0, 0.05) is 16.9 Å². The first-order chi connectivity index (χ1) is 19.6. The van der Waals surface area contributed by atoms with Crippen molar-refractivity contribution in [2.24, 2.45) is 11.3 Å². The highest BCUT2D eigenvalue weighted by Gasteiger charge is 2.66. The first-order valence-electron chi connectivity index (χ1n) is 13.6. The number of rotatable bonds is 12. The number of aliphatic hydroxyl groups is 2. The van der Waals surface area contributed by atoms with Gasteiger partial charge in [0.2, 0.25) is 5.91 Å². The number of thioether (sulfide) groups is 1. The summed E-state index contributed by atoms with van der Waals surface area (Å²) >= 11 is 2.31. The average Bonchev–Trinajstić information content (AvgIpc) is 3.47. The summed E-state index contributed by atoms with van der Waals surface area (Å²) in [6.07, 6.45) is 4.56. The minimum absolute atomic E-state index is 0.0716. The standard InChI is InChI=1S/C27H35N3O9S2/c1-15(32)18-21-27(2,9-12-38-26(37)39-16-6-4-3-5-7-16)22(20(25(35)36)30(21)24(18)34)40-13-8-17-19(29-14-41-17)23(33)28-10-11-31/h8,13-16,18,21,31-32H,3-7,9-12H2,1-2H3,(H,28,33)(H,35,36)/t15-,18-,21-,27?/m1/s1. The third-order valence-corrected chi connectivity index (χ3v) is 9.72. The van der Waals surface area contributed by atoms with Crippen molar-refractivity contribution >= 4 is 53.1 Å². The van der Waals surface area contributed by atoms with Crippen LogP contribution >= 0.6 is 23.1 Å². The van der Waals surface area contributed by atoms with Crippen molar-refractivity contribution in [1.82, 2.24) is 15.2 Å². The SMILES string of the molecule is C[C@@H](O)[C@H]1C(=O)N2C(C(=O)O)=C(SC=Cc3scnc3C(=O)NCCO)C(C)(CCOC(=O)OC3CCCCC3)[C@@H]12. The summed E-state index contributed by atoms with van der Waals surface area (Å²) in [5.74, 6) is -3.02. The molecular weight excluding hydrogens is 574 g/mol. The van der Waals surface area contributed by atoms with Gasteiger partial charge in [-0.25, -0.2) is 14.6 Å². The predicted molar refractivity (Wildman–Crippen MR) is 151 cm³/mol. The number of fused-ring (bicyclic) bond motifs is 1. The van der Waals surface area contributed by atoms with E-state index in [1.54, 1.807) is 18.4 Å². The maximum Gasteiger partial charge on any atom is 0.508 e. The molecule has 0 radical (unpaired) electrons. The highest BCUT2D eigenvalue weighted by atomic mass is 32.2. The van der Waals surface area contributed by atoms with Gasteiger partial charge in [-0.15, -0.1) is 11.3 Å². The second kappa shape index (κ2) is 13.4. The second-order valence-electron chi connectivity index (χ2n) is 10.5. The van der Waals surface area contributed by atoms with Crippen molar-refractivity contribution < 1.29 is 44.0 Å². The van der Waals surface area contributed by atoms with E-state index in [-0.39, 0.29) is 43.7 Å². The van der Waals surface area contributed by atoms with E-state index in [4.69, 9.17) is 14.6 Å². The van der Waals surface area contributed by atoms with Gasteiger partial charge in [0.1, 0.15) is 17.5 Å². The first-order valence-corrected chi connectivity index (χ1v) is 15.3. The number of aliphatic hydroxyl groups excluding tert-OH is 2. The monoisotopic (exact) mass is 609 g/mol. The molecule has 1 aliphatic carbocycles. The molecule has 2 fully saturated rings. The molecule has 3 heterocycles. The molecular formula is C27H35N3O9S2. The zero-order chi connectivity index (χ0) is 29.7. The summed E-state index contributed by atoms with van der Waals surface area (Å²) in [6, 6.07) is -0.641. The van der Waals surface area contributed by atoms with Crippen LogP contribution in [-0.4, -0.2) is 87.2 Å². The van der Waals surface area contributed by atoms with E-state index in [1.165, 1.54) is 28.7 Å². The Kier molecular flexibility index (Phi) is 10.1. The number of carboxylic acid groups (broad SMARTS) is 1. The lowest BCUT2D eigenvalue weighted by Crippen LogP contribution is -2.66. The van der Waals surface area contributed by atoms with E-state index in [9.17, 15) is 29.4 Å². The number of carbonyl (C=O) groups is 4. The van der Waals surface area contributed by atoms with Gasteiger partial charge in [-0.2, -0.15) is 0 Å². The number of hydrogen-bond acceptors (Lipinski definition) is 11. The van der Waals surface area contributed by atoms with Crippen molar-refractivity contribution in [2.45, 2.75) is 70.6 Å².